The zero-order valence-corrected chi connectivity index (χ0v) is 20.6. The zero-order chi connectivity index (χ0) is 23.4. The van der Waals surface area contributed by atoms with Crippen LogP contribution in [0.5, 0.6) is 0 Å². The highest BCUT2D eigenvalue weighted by Gasteiger charge is 2.20. The number of benzene rings is 2. The maximum Gasteiger partial charge on any atom is 0.234 e. The molecule has 0 bridgehead atoms. The molecule has 4 rings (SSSR count). The van der Waals surface area contributed by atoms with Crippen LogP contribution in [0.15, 0.2) is 53.6 Å². The van der Waals surface area contributed by atoms with Gasteiger partial charge in [-0.1, -0.05) is 30.0 Å². The van der Waals surface area contributed by atoms with Crippen molar-refractivity contribution in [3.05, 3.63) is 70.8 Å². The summed E-state index contributed by atoms with van der Waals surface area (Å²) in [4.78, 5) is 17.0. The van der Waals surface area contributed by atoms with E-state index in [1.54, 1.807) is 0 Å². The van der Waals surface area contributed by atoms with Gasteiger partial charge in [-0.25, -0.2) is 0 Å². The molecule has 1 aliphatic rings. The molecule has 7 heteroatoms. The monoisotopic (exact) mass is 461 g/mol. The van der Waals surface area contributed by atoms with Gasteiger partial charge in [0.1, 0.15) is 5.03 Å². The minimum Gasteiger partial charge on any atom is -0.368 e. The van der Waals surface area contributed by atoms with Crippen molar-refractivity contribution in [3.63, 3.8) is 0 Å². The molecule has 33 heavy (non-hydrogen) atoms. The first-order valence-corrected chi connectivity index (χ1v) is 12.3. The molecule has 2 aromatic carbocycles. The summed E-state index contributed by atoms with van der Waals surface area (Å²) in [5, 5.41) is 12.5. The molecule has 3 aromatic rings. The number of carbonyl (C=O) groups excluding carboxylic acids is 1. The van der Waals surface area contributed by atoms with Crippen LogP contribution in [0.2, 0.25) is 0 Å². The van der Waals surface area contributed by atoms with E-state index in [9.17, 15) is 4.79 Å². The van der Waals surface area contributed by atoms with Crippen molar-refractivity contribution in [1.29, 1.82) is 0 Å². The van der Waals surface area contributed by atoms with E-state index in [1.807, 2.05) is 37.3 Å². The van der Waals surface area contributed by atoms with Crippen LogP contribution < -0.4 is 15.1 Å². The minimum atomic E-state index is -0.0447. The lowest BCUT2D eigenvalue weighted by Gasteiger charge is -2.37. The highest BCUT2D eigenvalue weighted by atomic mass is 32.2. The maximum absolute atomic E-state index is 12.3. The molecule has 2 heterocycles. The maximum atomic E-state index is 12.3. The Hall–Kier alpha value is -3.06. The number of aryl methyl sites for hydroxylation is 4. The van der Waals surface area contributed by atoms with Crippen LogP contribution >= 0.6 is 11.8 Å². The van der Waals surface area contributed by atoms with E-state index in [0.29, 0.717) is 5.75 Å². The minimum absolute atomic E-state index is 0.0447. The van der Waals surface area contributed by atoms with E-state index in [4.69, 9.17) is 0 Å². The van der Waals surface area contributed by atoms with Crippen molar-refractivity contribution >= 4 is 34.9 Å². The molecule has 1 aromatic heterocycles. The number of hydrogen-bond acceptors (Lipinski definition) is 6. The van der Waals surface area contributed by atoms with E-state index in [2.05, 4.69) is 64.3 Å². The van der Waals surface area contributed by atoms with E-state index >= 15 is 0 Å². The lowest BCUT2D eigenvalue weighted by molar-refractivity contribution is -0.113. The molecule has 0 unspecified atom stereocenters. The fraction of sp³-hybridized carbons (Fsp3) is 0.346. The number of amides is 1. The first kappa shape index (κ1) is 23.1. The van der Waals surface area contributed by atoms with Crippen molar-refractivity contribution in [2.45, 2.75) is 32.7 Å². The Morgan fingerprint density at radius 1 is 0.848 bits per heavy atom. The standard InChI is InChI=1S/C26H31N5OS/c1-18-5-6-20(3)23(15-18)30-11-13-31(14-12-30)24-9-10-26(29-28-24)33-17-25(32)27-22-8-7-19(2)21(4)16-22/h5-10,15-16H,11-14,17H2,1-4H3,(H,27,32). The van der Waals surface area contributed by atoms with Gasteiger partial charge >= 0.3 is 0 Å². The number of piperazine rings is 1. The number of rotatable bonds is 6. The number of anilines is 3. The SMILES string of the molecule is Cc1ccc(C)c(N2CCN(c3ccc(SCC(=O)Nc4ccc(C)c(C)c4)nn3)CC2)c1. The van der Waals surface area contributed by atoms with Crippen molar-refractivity contribution in [2.24, 2.45) is 0 Å². The number of nitrogens with one attached hydrogen (secondary N) is 1. The van der Waals surface area contributed by atoms with Gasteiger partial charge in [-0.3, -0.25) is 4.79 Å². The summed E-state index contributed by atoms with van der Waals surface area (Å²) in [6, 6.07) is 16.5. The van der Waals surface area contributed by atoms with Crippen LogP contribution in [0.3, 0.4) is 0 Å². The summed E-state index contributed by atoms with van der Waals surface area (Å²) in [5.41, 5.74) is 7.13. The van der Waals surface area contributed by atoms with Crippen molar-refractivity contribution in [1.82, 2.24) is 10.2 Å². The Labute approximate surface area is 200 Å². The third-order valence-electron chi connectivity index (χ3n) is 6.08. The molecule has 1 aliphatic heterocycles. The molecule has 0 atom stereocenters. The lowest BCUT2D eigenvalue weighted by Crippen LogP contribution is -2.47. The second-order valence-corrected chi connectivity index (χ2v) is 9.63. The van der Waals surface area contributed by atoms with Crippen LogP contribution in [-0.4, -0.2) is 48.0 Å². The van der Waals surface area contributed by atoms with Gasteiger partial charge in [0, 0.05) is 37.6 Å². The van der Waals surface area contributed by atoms with E-state index in [0.717, 1.165) is 48.3 Å². The third kappa shape index (κ3) is 5.85. The summed E-state index contributed by atoms with van der Waals surface area (Å²) in [6.07, 6.45) is 0. The van der Waals surface area contributed by atoms with Gasteiger partial charge in [0.25, 0.3) is 0 Å². The molecule has 1 N–H and O–H groups in total. The number of carbonyl (C=O) groups is 1. The van der Waals surface area contributed by atoms with Gasteiger partial charge in [-0.05, 0) is 80.3 Å². The molecule has 1 amide bonds. The van der Waals surface area contributed by atoms with Gasteiger partial charge in [0.15, 0.2) is 5.82 Å². The number of thioether (sulfide) groups is 1. The highest BCUT2D eigenvalue weighted by molar-refractivity contribution is 7.99. The first-order chi connectivity index (χ1) is 15.9. The summed E-state index contributed by atoms with van der Waals surface area (Å²) in [5.74, 6) is 1.14. The molecule has 6 nitrogen and oxygen atoms in total. The van der Waals surface area contributed by atoms with Crippen LogP contribution in [0.25, 0.3) is 0 Å². The topological polar surface area (TPSA) is 61.4 Å². The van der Waals surface area contributed by atoms with Crippen molar-refractivity contribution in [3.8, 4) is 0 Å². The van der Waals surface area contributed by atoms with E-state index in [1.165, 1.54) is 34.1 Å². The van der Waals surface area contributed by atoms with Gasteiger partial charge in [-0.15, -0.1) is 10.2 Å². The number of nitrogens with zero attached hydrogens (tertiary/aromatic N) is 4. The van der Waals surface area contributed by atoms with Crippen LogP contribution in [0.1, 0.15) is 22.3 Å². The molecular formula is C26H31N5OS. The van der Waals surface area contributed by atoms with Gasteiger partial charge < -0.3 is 15.1 Å². The zero-order valence-electron chi connectivity index (χ0n) is 19.8. The molecule has 1 fully saturated rings. The molecule has 0 aliphatic carbocycles. The second kappa shape index (κ2) is 10.3. The summed E-state index contributed by atoms with van der Waals surface area (Å²) in [7, 11) is 0. The Morgan fingerprint density at radius 3 is 2.27 bits per heavy atom. The molecule has 172 valence electrons. The van der Waals surface area contributed by atoms with Crippen LogP contribution in [0, 0.1) is 27.7 Å². The highest BCUT2D eigenvalue weighted by Crippen LogP contribution is 2.25. The van der Waals surface area contributed by atoms with Crippen LogP contribution in [-0.2, 0) is 4.79 Å². The van der Waals surface area contributed by atoms with Crippen molar-refractivity contribution in [2.75, 3.05) is 47.0 Å². The summed E-state index contributed by atoms with van der Waals surface area (Å²) >= 11 is 1.40. The average Bonchev–Trinajstić information content (AvgIpc) is 2.82. The Morgan fingerprint density at radius 2 is 1.58 bits per heavy atom. The van der Waals surface area contributed by atoms with Gasteiger partial charge in [0.2, 0.25) is 5.91 Å². The summed E-state index contributed by atoms with van der Waals surface area (Å²) in [6.45, 7) is 12.2. The quantitative estimate of drug-likeness (QED) is 0.534. The molecule has 1 saturated heterocycles. The van der Waals surface area contributed by atoms with Crippen LogP contribution in [0.4, 0.5) is 17.2 Å². The predicted octanol–water partition coefficient (Wildman–Crippen LogP) is 4.77. The molecular weight excluding hydrogens is 430 g/mol. The first-order valence-electron chi connectivity index (χ1n) is 11.3. The molecule has 0 spiro atoms. The average molecular weight is 462 g/mol. The third-order valence-corrected chi connectivity index (χ3v) is 7.00. The van der Waals surface area contributed by atoms with Crippen molar-refractivity contribution < 1.29 is 4.79 Å². The second-order valence-electron chi connectivity index (χ2n) is 8.63. The normalized spacial score (nSPS) is 13.8. The van der Waals surface area contributed by atoms with Gasteiger partial charge in [0.05, 0.1) is 5.75 Å². The number of aromatic nitrogens is 2. The molecule has 0 radical (unpaired) electrons. The Kier molecular flexibility index (Phi) is 7.18. The Balaban J connectivity index is 1.27. The summed E-state index contributed by atoms with van der Waals surface area (Å²) < 4.78 is 0. The fourth-order valence-electron chi connectivity index (χ4n) is 3.95. The predicted molar refractivity (Wildman–Crippen MR) is 138 cm³/mol. The molecule has 0 saturated carbocycles. The van der Waals surface area contributed by atoms with E-state index < -0.39 is 0 Å². The largest absolute Gasteiger partial charge is 0.368 e. The lowest BCUT2D eigenvalue weighted by atomic mass is 10.1. The smallest absolute Gasteiger partial charge is 0.234 e. The van der Waals surface area contributed by atoms with Gasteiger partial charge in [-0.2, -0.15) is 0 Å². The fourth-order valence-corrected chi connectivity index (χ4v) is 4.56. The number of hydrogen-bond donors (Lipinski definition) is 1. The Bertz CT molecular complexity index is 1120. The van der Waals surface area contributed by atoms with E-state index in [-0.39, 0.29) is 5.91 Å².